The number of hydrogen-bond acceptors (Lipinski definition) is 5. The smallest absolute Gasteiger partial charge is 0.306 e. The fraction of sp³-hybridized carbons (Fsp3) is 0.458. The second kappa shape index (κ2) is 9.44. The molecule has 1 amide bonds. The van der Waals surface area contributed by atoms with Gasteiger partial charge in [0.05, 0.1) is 5.56 Å². The zero-order valence-electron chi connectivity index (χ0n) is 17.8. The van der Waals surface area contributed by atoms with Crippen molar-refractivity contribution in [1.29, 1.82) is 5.26 Å². The fourth-order valence-corrected chi connectivity index (χ4v) is 5.10. The number of nitriles is 1. The average Bonchev–Trinajstić information content (AvgIpc) is 3.06. The van der Waals surface area contributed by atoms with Gasteiger partial charge in [0.15, 0.2) is 6.61 Å². The second-order valence-electron chi connectivity index (χ2n) is 8.82. The standard InChI is InChI=1S/C24H28N2O3S/c1-24(2,3)17-10-11-18-19(14-25)23(30-20(18)13-17)26-21(27)15-29-22(28)12-9-16-7-5-4-6-8-16/h4-8,17H,9-13,15H2,1-3H3,(H,26,27)/t17-/m1/s1. The molecule has 0 aliphatic heterocycles. The molecule has 3 rings (SSSR count). The maximum absolute atomic E-state index is 12.3. The fourth-order valence-electron chi connectivity index (χ4n) is 3.80. The largest absolute Gasteiger partial charge is 0.456 e. The summed E-state index contributed by atoms with van der Waals surface area (Å²) >= 11 is 1.48. The molecule has 1 N–H and O–H groups in total. The molecule has 0 bridgehead atoms. The molecule has 1 aromatic carbocycles. The molecular weight excluding hydrogens is 396 g/mol. The number of fused-ring (bicyclic) bond motifs is 1. The molecule has 5 nitrogen and oxygen atoms in total. The number of ether oxygens (including phenoxy) is 1. The highest BCUT2D eigenvalue weighted by Gasteiger charge is 2.32. The van der Waals surface area contributed by atoms with Crippen LogP contribution >= 0.6 is 11.3 Å². The van der Waals surface area contributed by atoms with E-state index in [0.717, 1.165) is 30.4 Å². The number of aryl methyl sites for hydroxylation is 1. The topological polar surface area (TPSA) is 79.2 Å². The van der Waals surface area contributed by atoms with Gasteiger partial charge in [-0.15, -0.1) is 11.3 Å². The summed E-state index contributed by atoms with van der Waals surface area (Å²) in [5.74, 6) is -0.261. The molecule has 0 unspecified atom stereocenters. The van der Waals surface area contributed by atoms with Crippen LogP contribution in [0, 0.1) is 22.7 Å². The number of hydrogen-bond donors (Lipinski definition) is 1. The van der Waals surface area contributed by atoms with E-state index in [0.29, 0.717) is 22.9 Å². The molecule has 6 heteroatoms. The third-order valence-electron chi connectivity index (χ3n) is 5.68. The van der Waals surface area contributed by atoms with Gasteiger partial charge >= 0.3 is 5.97 Å². The van der Waals surface area contributed by atoms with Crippen LogP contribution in [0.1, 0.15) is 55.2 Å². The lowest BCUT2D eigenvalue weighted by Crippen LogP contribution is -2.26. The van der Waals surface area contributed by atoms with Crippen molar-refractivity contribution in [2.75, 3.05) is 11.9 Å². The molecule has 1 atom stereocenters. The first-order chi connectivity index (χ1) is 14.3. The van der Waals surface area contributed by atoms with Crippen molar-refractivity contribution in [3.63, 3.8) is 0 Å². The lowest BCUT2D eigenvalue weighted by atomic mass is 9.72. The van der Waals surface area contributed by atoms with E-state index in [4.69, 9.17) is 4.74 Å². The average molecular weight is 425 g/mol. The Balaban J connectivity index is 1.55. The maximum atomic E-state index is 12.3. The Bertz CT molecular complexity index is 951. The number of carbonyl (C=O) groups is 2. The van der Waals surface area contributed by atoms with Gasteiger partial charge in [0.1, 0.15) is 11.1 Å². The van der Waals surface area contributed by atoms with Crippen molar-refractivity contribution in [2.45, 2.75) is 52.9 Å². The second-order valence-corrected chi connectivity index (χ2v) is 9.93. The molecule has 30 heavy (non-hydrogen) atoms. The van der Waals surface area contributed by atoms with Crippen LogP contribution in [0.25, 0.3) is 0 Å². The molecule has 1 aliphatic carbocycles. The van der Waals surface area contributed by atoms with E-state index in [1.54, 1.807) is 0 Å². The van der Waals surface area contributed by atoms with Crippen LogP contribution in [0.2, 0.25) is 0 Å². The summed E-state index contributed by atoms with van der Waals surface area (Å²) in [6.07, 6.45) is 3.65. The van der Waals surface area contributed by atoms with Gasteiger partial charge in [-0.25, -0.2) is 0 Å². The van der Waals surface area contributed by atoms with Crippen LogP contribution in [-0.2, 0) is 33.6 Å². The summed E-state index contributed by atoms with van der Waals surface area (Å²) < 4.78 is 5.11. The Hall–Kier alpha value is -2.65. The van der Waals surface area contributed by atoms with Crippen molar-refractivity contribution < 1.29 is 14.3 Å². The summed E-state index contributed by atoms with van der Waals surface area (Å²) in [4.78, 5) is 25.4. The number of amides is 1. The van der Waals surface area contributed by atoms with Crippen molar-refractivity contribution in [3.8, 4) is 6.07 Å². The minimum atomic E-state index is -0.412. The van der Waals surface area contributed by atoms with Gasteiger partial charge in [0, 0.05) is 11.3 Å². The van der Waals surface area contributed by atoms with Gasteiger partial charge in [0.2, 0.25) is 0 Å². The summed E-state index contributed by atoms with van der Waals surface area (Å²) in [5, 5.41) is 13.0. The molecule has 0 fully saturated rings. The summed E-state index contributed by atoms with van der Waals surface area (Å²) in [6, 6.07) is 11.9. The number of nitrogens with one attached hydrogen (secondary N) is 1. The van der Waals surface area contributed by atoms with Crippen LogP contribution in [0.15, 0.2) is 30.3 Å². The van der Waals surface area contributed by atoms with Crippen LogP contribution in [0.4, 0.5) is 5.00 Å². The molecular formula is C24H28N2O3S. The van der Waals surface area contributed by atoms with Gasteiger partial charge in [-0.3, -0.25) is 9.59 Å². The van der Waals surface area contributed by atoms with Crippen molar-refractivity contribution in [1.82, 2.24) is 0 Å². The number of nitrogens with zero attached hydrogens (tertiary/aromatic N) is 1. The van der Waals surface area contributed by atoms with Gasteiger partial charge in [-0.2, -0.15) is 5.26 Å². The Labute approximate surface area is 182 Å². The van der Waals surface area contributed by atoms with Crippen molar-refractivity contribution in [3.05, 3.63) is 51.9 Å². The third kappa shape index (κ3) is 5.48. The molecule has 0 saturated carbocycles. The Morgan fingerprint density at radius 3 is 2.67 bits per heavy atom. The molecule has 0 saturated heterocycles. The number of esters is 1. The van der Waals surface area contributed by atoms with Crippen LogP contribution in [0.5, 0.6) is 0 Å². The summed E-state index contributed by atoms with van der Waals surface area (Å²) in [7, 11) is 0. The van der Waals surface area contributed by atoms with E-state index in [2.05, 4.69) is 32.2 Å². The minimum Gasteiger partial charge on any atom is -0.456 e. The highest BCUT2D eigenvalue weighted by Crippen LogP contribution is 2.43. The third-order valence-corrected chi connectivity index (χ3v) is 6.85. The van der Waals surface area contributed by atoms with E-state index in [1.165, 1.54) is 16.2 Å². The minimum absolute atomic E-state index is 0.214. The highest BCUT2D eigenvalue weighted by atomic mass is 32.1. The lowest BCUT2D eigenvalue weighted by Gasteiger charge is -2.33. The molecule has 0 spiro atoms. The molecule has 1 heterocycles. The number of anilines is 1. The normalized spacial score (nSPS) is 15.7. The molecule has 1 aromatic heterocycles. The predicted molar refractivity (Wildman–Crippen MR) is 118 cm³/mol. The SMILES string of the molecule is CC(C)(C)[C@@H]1CCc2c(sc(NC(=O)COC(=O)CCc3ccccc3)c2C#N)C1. The van der Waals surface area contributed by atoms with Crippen LogP contribution in [-0.4, -0.2) is 18.5 Å². The Kier molecular flexibility index (Phi) is 6.94. The maximum Gasteiger partial charge on any atom is 0.306 e. The molecule has 1 aliphatic rings. The number of thiophene rings is 1. The quantitative estimate of drug-likeness (QED) is 0.670. The van der Waals surface area contributed by atoms with E-state index in [-0.39, 0.29) is 18.4 Å². The van der Waals surface area contributed by atoms with Gasteiger partial charge in [-0.05, 0) is 48.1 Å². The number of benzene rings is 1. The van der Waals surface area contributed by atoms with E-state index in [9.17, 15) is 14.9 Å². The van der Waals surface area contributed by atoms with Gasteiger partial charge in [-0.1, -0.05) is 51.1 Å². The van der Waals surface area contributed by atoms with E-state index < -0.39 is 11.9 Å². The first-order valence-corrected chi connectivity index (χ1v) is 11.1. The highest BCUT2D eigenvalue weighted by molar-refractivity contribution is 7.16. The van der Waals surface area contributed by atoms with Gasteiger partial charge < -0.3 is 10.1 Å². The molecule has 2 aromatic rings. The monoisotopic (exact) mass is 424 g/mol. The Morgan fingerprint density at radius 1 is 1.27 bits per heavy atom. The zero-order valence-corrected chi connectivity index (χ0v) is 18.6. The summed E-state index contributed by atoms with van der Waals surface area (Å²) in [5.41, 5.74) is 2.89. The predicted octanol–water partition coefficient (Wildman–Crippen LogP) is 4.89. The van der Waals surface area contributed by atoms with Crippen molar-refractivity contribution in [2.24, 2.45) is 11.3 Å². The first kappa shape index (κ1) is 22.0. The zero-order chi connectivity index (χ0) is 21.7. The van der Waals surface area contributed by atoms with E-state index in [1.807, 2.05) is 30.3 Å². The van der Waals surface area contributed by atoms with Gasteiger partial charge in [0.25, 0.3) is 5.91 Å². The number of rotatable bonds is 6. The molecule has 0 radical (unpaired) electrons. The van der Waals surface area contributed by atoms with Crippen LogP contribution in [0.3, 0.4) is 0 Å². The van der Waals surface area contributed by atoms with Crippen molar-refractivity contribution >= 4 is 28.2 Å². The first-order valence-electron chi connectivity index (χ1n) is 10.3. The number of carbonyl (C=O) groups excluding carboxylic acids is 2. The lowest BCUT2D eigenvalue weighted by molar-refractivity contribution is -0.147. The Morgan fingerprint density at radius 2 is 2.00 bits per heavy atom. The molecule has 158 valence electrons. The summed E-state index contributed by atoms with van der Waals surface area (Å²) in [6.45, 7) is 6.40. The van der Waals surface area contributed by atoms with Crippen LogP contribution < -0.4 is 5.32 Å². The van der Waals surface area contributed by atoms with E-state index >= 15 is 0 Å².